The number of carbonyl (C=O) groups excluding carboxylic acids is 3. The van der Waals surface area contributed by atoms with Crippen LogP contribution in [0.25, 0.3) is 10.8 Å². The van der Waals surface area contributed by atoms with Gasteiger partial charge in [0.1, 0.15) is 12.6 Å². The summed E-state index contributed by atoms with van der Waals surface area (Å²) in [5.74, 6) is -1.59. The van der Waals surface area contributed by atoms with Crippen molar-refractivity contribution in [2.24, 2.45) is 5.14 Å². The van der Waals surface area contributed by atoms with Crippen molar-refractivity contribution < 1.29 is 22.8 Å². The molecule has 1 saturated heterocycles. The van der Waals surface area contributed by atoms with Gasteiger partial charge < -0.3 is 10.6 Å². The first-order chi connectivity index (χ1) is 13.6. The van der Waals surface area contributed by atoms with E-state index in [1.807, 2.05) is 49.4 Å². The number of amides is 4. The summed E-state index contributed by atoms with van der Waals surface area (Å²) in [6.45, 7) is 1.36. The van der Waals surface area contributed by atoms with Crippen molar-refractivity contribution in [3.63, 3.8) is 0 Å². The molecule has 0 spiro atoms. The standard InChI is InChI=1S/C19H22N4O5S/c1-12(14-7-6-13-4-2-3-5-15(13)10-14)21-17(24)11-23-18(25)16(22-19(23)26)8-9-29(20,27)28/h2-7,10,12,16H,8-9,11H2,1H3,(H,21,24)(H,22,26)(H2,20,27,28)/t12-,16+/m0/s1. The van der Waals surface area contributed by atoms with Crippen LogP contribution in [0.2, 0.25) is 0 Å². The second-order valence-electron chi connectivity index (χ2n) is 6.98. The Morgan fingerprint density at radius 3 is 2.59 bits per heavy atom. The third-order valence-electron chi connectivity index (χ3n) is 4.75. The molecule has 4 amide bonds. The van der Waals surface area contributed by atoms with E-state index in [4.69, 9.17) is 5.14 Å². The highest BCUT2D eigenvalue weighted by Gasteiger charge is 2.39. The number of fused-ring (bicyclic) bond motifs is 1. The van der Waals surface area contributed by atoms with Crippen LogP contribution in [0.4, 0.5) is 4.79 Å². The molecule has 0 aromatic heterocycles. The molecular formula is C19H22N4O5S. The Labute approximate surface area is 168 Å². The van der Waals surface area contributed by atoms with Crippen LogP contribution in [0.5, 0.6) is 0 Å². The van der Waals surface area contributed by atoms with E-state index in [9.17, 15) is 22.8 Å². The Kier molecular flexibility index (Phi) is 5.85. The molecule has 2 atom stereocenters. The van der Waals surface area contributed by atoms with E-state index in [0.717, 1.165) is 21.2 Å². The molecule has 3 rings (SSSR count). The summed E-state index contributed by atoms with van der Waals surface area (Å²) in [6, 6.07) is 11.6. The summed E-state index contributed by atoms with van der Waals surface area (Å²) in [5, 5.41) is 12.2. The molecule has 1 aliphatic heterocycles. The number of imide groups is 1. The SMILES string of the molecule is C[C@H](NC(=O)CN1C(=O)N[C@H](CCS(N)(=O)=O)C1=O)c1ccc2ccccc2c1. The van der Waals surface area contributed by atoms with Gasteiger partial charge in [-0.2, -0.15) is 0 Å². The van der Waals surface area contributed by atoms with Crippen LogP contribution in [0.3, 0.4) is 0 Å². The quantitative estimate of drug-likeness (QED) is 0.566. The second kappa shape index (κ2) is 8.18. The van der Waals surface area contributed by atoms with Gasteiger partial charge in [0.05, 0.1) is 11.8 Å². The average Bonchev–Trinajstić information content (AvgIpc) is 2.93. The number of hydrogen-bond acceptors (Lipinski definition) is 5. The lowest BCUT2D eigenvalue weighted by Gasteiger charge is -2.18. The van der Waals surface area contributed by atoms with Gasteiger partial charge in [-0.15, -0.1) is 0 Å². The number of nitrogens with one attached hydrogen (secondary N) is 2. The molecule has 1 heterocycles. The van der Waals surface area contributed by atoms with Crippen LogP contribution in [-0.2, 0) is 19.6 Å². The highest BCUT2D eigenvalue weighted by atomic mass is 32.2. The average molecular weight is 418 g/mol. The van der Waals surface area contributed by atoms with E-state index in [1.165, 1.54) is 0 Å². The minimum Gasteiger partial charge on any atom is -0.348 e. The normalized spacial score (nSPS) is 18.0. The molecule has 0 aliphatic carbocycles. The van der Waals surface area contributed by atoms with Gasteiger partial charge in [-0.05, 0) is 35.7 Å². The summed E-state index contributed by atoms with van der Waals surface area (Å²) in [5.41, 5.74) is 0.889. The smallest absolute Gasteiger partial charge is 0.325 e. The fourth-order valence-electron chi connectivity index (χ4n) is 3.20. The van der Waals surface area contributed by atoms with Crippen molar-refractivity contribution in [3.05, 3.63) is 48.0 Å². The van der Waals surface area contributed by atoms with Crippen LogP contribution in [0, 0.1) is 0 Å². The molecule has 2 aromatic rings. The summed E-state index contributed by atoms with van der Waals surface area (Å²) in [6.07, 6.45) is -0.144. The van der Waals surface area contributed by atoms with Crippen molar-refractivity contribution >= 4 is 38.6 Å². The van der Waals surface area contributed by atoms with E-state index in [1.54, 1.807) is 0 Å². The Bertz CT molecular complexity index is 1070. The monoisotopic (exact) mass is 418 g/mol. The van der Waals surface area contributed by atoms with Gasteiger partial charge >= 0.3 is 6.03 Å². The zero-order valence-electron chi connectivity index (χ0n) is 15.8. The lowest BCUT2D eigenvalue weighted by Crippen LogP contribution is -2.42. The number of rotatable bonds is 7. The lowest BCUT2D eigenvalue weighted by molar-refractivity contribution is -0.132. The zero-order valence-corrected chi connectivity index (χ0v) is 16.6. The van der Waals surface area contributed by atoms with Crippen LogP contribution in [-0.4, -0.2) is 49.5 Å². The summed E-state index contributed by atoms with van der Waals surface area (Å²) >= 11 is 0. The predicted molar refractivity (Wildman–Crippen MR) is 107 cm³/mol. The van der Waals surface area contributed by atoms with Crippen LogP contribution in [0.1, 0.15) is 24.9 Å². The lowest BCUT2D eigenvalue weighted by atomic mass is 10.0. The molecule has 4 N–H and O–H groups in total. The number of urea groups is 1. The van der Waals surface area contributed by atoms with Crippen molar-refractivity contribution in [1.82, 2.24) is 15.5 Å². The second-order valence-corrected chi connectivity index (χ2v) is 8.71. The largest absolute Gasteiger partial charge is 0.348 e. The first kappa shape index (κ1) is 20.7. The third kappa shape index (κ3) is 5.09. The van der Waals surface area contributed by atoms with Gasteiger partial charge in [0.15, 0.2) is 0 Å². The van der Waals surface area contributed by atoms with Crippen molar-refractivity contribution in [1.29, 1.82) is 0 Å². The van der Waals surface area contributed by atoms with E-state index < -0.39 is 46.2 Å². The molecule has 0 saturated carbocycles. The van der Waals surface area contributed by atoms with Crippen molar-refractivity contribution in [2.45, 2.75) is 25.4 Å². The molecular weight excluding hydrogens is 396 g/mol. The number of benzene rings is 2. The van der Waals surface area contributed by atoms with Gasteiger partial charge in [0, 0.05) is 0 Å². The predicted octanol–water partition coefficient (Wildman–Crippen LogP) is 0.616. The maximum absolute atomic E-state index is 12.4. The number of primary sulfonamides is 1. The number of hydrogen-bond donors (Lipinski definition) is 3. The Balaban J connectivity index is 1.60. The van der Waals surface area contributed by atoms with Crippen LogP contribution < -0.4 is 15.8 Å². The molecule has 1 aliphatic rings. The van der Waals surface area contributed by atoms with E-state index in [0.29, 0.717) is 0 Å². The van der Waals surface area contributed by atoms with Crippen molar-refractivity contribution in [2.75, 3.05) is 12.3 Å². The van der Waals surface area contributed by atoms with E-state index in [2.05, 4.69) is 10.6 Å². The fraction of sp³-hybridized carbons (Fsp3) is 0.316. The van der Waals surface area contributed by atoms with Crippen LogP contribution in [0.15, 0.2) is 42.5 Å². The van der Waals surface area contributed by atoms with E-state index >= 15 is 0 Å². The van der Waals surface area contributed by atoms with Gasteiger partial charge in [-0.3, -0.25) is 14.5 Å². The number of nitrogens with two attached hydrogens (primary N) is 1. The number of nitrogens with zero attached hydrogens (tertiary/aromatic N) is 1. The Morgan fingerprint density at radius 1 is 1.21 bits per heavy atom. The molecule has 0 unspecified atom stereocenters. The summed E-state index contributed by atoms with van der Waals surface area (Å²) < 4.78 is 22.1. The summed E-state index contributed by atoms with van der Waals surface area (Å²) in [4.78, 5) is 37.4. The molecule has 154 valence electrons. The van der Waals surface area contributed by atoms with Gasteiger partial charge in [-0.25, -0.2) is 18.4 Å². The van der Waals surface area contributed by atoms with Crippen LogP contribution >= 0.6 is 0 Å². The Hall–Kier alpha value is -2.98. The summed E-state index contributed by atoms with van der Waals surface area (Å²) in [7, 11) is -3.76. The first-order valence-electron chi connectivity index (χ1n) is 9.04. The van der Waals surface area contributed by atoms with Gasteiger partial charge in [0.25, 0.3) is 5.91 Å². The third-order valence-corrected chi connectivity index (χ3v) is 5.56. The Morgan fingerprint density at radius 2 is 1.90 bits per heavy atom. The minimum atomic E-state index is -3.76. The minimum absolute atomic E-state index is 0.144. The topological polar surface area (TPSA) is 139 Å². The molecule has 29 heavy (non-hydrogen) atoms. The zero-order chi connectivity index (χ0) is 21.2. The van der Waals surface area contributed by atoms with Gasteiger partial charge in [0.2, 0.25) is 15.9 Å². The molecule has 0 radical (unpaired) electrons. The highest BCUT2D eigenvalue weighted by Crippen LogP contribution is 2.20. The number of carbonyl (C=O) groups is 3. The van der Waals surface area contributed by atoms with E-state index in [-0.39, 0.29) is 12.5 Å². The van der Waals surface area contributed by atoms with Gasteiger partial charge in [-0.1, -0.05) is 36.4 Å². The highest BCUT2D eigenvalue weighted by molar-refractivity contribution is 7.89. The number of sulfonamides is 1. The fourth-order valence-corrected chi connectivity index (χ4v) is 3.76. The first-order valence-corrected chi connectivity index (χ1v) is 10.8. The molecule has 0 bridgehead atoms. The maximum Gasteiger partial charge on any atom is 0.325 e. The maximum atomic E-state index is 12.4. The molecule has 10 heteroatoms. The molecule has 9 nitrogen and oxygen atoms in total. The van der Waals surface area contributed by atoms with Crippen molar-refractivity contribution in [3.8, 4) is 0 Å². The molecule has 2 aromatic carbocycles. The molecule has 1 fully saturated rings.